The van der Waals surface area contributed by atoms with Crippen LogP contribution in [-0.4, -0.2) is 13.0 Å². The Bertz CT molecular complexity index is 406. The second-order valence-corrected chi connectivity index (χ2v) is 4.23. The van der Waals surface area contributed by atoms with Crippen LogP contribution < -0.4 is 0 Å². The van der Waals surface area contributed by atoms with E-state index in [4.69, 9.17) is 4.55 Å². The lowest BCUT2D eigenvalue weighted by molar-refractivity contribution is 0.469. The Balaban J connectivity index is 3.32. The largest absolute Gasteiger partial charge is 0.409 e. The molecule has 0 aliphatic rings. The normalized spacial score (nSPS) is 11.6. The highest BCUT2D eigenvalue weighted by molar-refractivity contribution is 7.85. The van der Waals surface area contributed by atoms with Crippen LogP contribution in [0.5, 0.6) is 0 Å². The quantitative estimate of drug-likeness (QED) is 0.719. The molecule has 6 heteroatoms. The van der Waals surface area contributed by atoms with Gasteiger partial charge in [-0.1, -0.05) is 6.07 Å². The molecule has 0 spiro atoms. The minimum absolute atomic E-state index is 0.0611. The third-order valence-electron chi connectivity index (χ3n) is 1.65. The standard InChI is InChI=1S/C8H8F2O3S/c9-4-6-1-7(5-10)3-8(2-6)14(11,12)13/h1-3H,4-5H2,(H,11,12,13)/p+1. The Labute approximate surface area is 80.1 Å². The van der Waals surface area contributed by atoms with Crippen molar-refractivity contribution in [2.24, 2.45) is 0 Å². The van der Waals surface area contributed by atoms with Crippen LogP contribution in [0, 0.1) is 0 Å². The smallest absolute Gasteiger partial charge is 0.329 e. The molecule has 0 fully saturated rings. The SMILES string of the molecule is O=S(=O)([OH2+])c1cc(CF)cc(CF)c1. The van der Waals surface area contributed by atoms with Gasteiger partial charge in [-0.15, -0.1) is 8.42 Å². The maximum Gasteiger partial charge on any atom is 0.409 e. The summed E-state index contributed by atoms with van der Waals surface area (Å²) in [6, 6.07) is 3.29. The molecule has 3 nitrogen and oxygen atoms in total. The van der Waals surface area contributed by atoms with Crippen LogP contribution in [0.3, 0.4) is 0 Å². The van der Waals surface area contributed by atoms with E-state index in [9.17, 15) is 17.2 Å². The van der Waals surface area contributed by atoms with Gasteiger partial charge in [0.15, 0.2) is 0 Å². The molecule has 14 heavy (non-hydrogen) atoms. The van der Waals surface area contributed by atoms with E-state index >= 15 is 0 Å². The summed E-state index contributed by atoms with van der Waals surface area (Å²) >= 11 is 0. The van der Waals surface area contributed by atoms with Crippen LogP contribution in [0.4, 0.5) is 8.78 Å². The molecule has 0 radical (unpaired) electrons. The molecular formula is C8H9F2O3S+. The molecule has 1 aromatic carbocycles. The minimum atomic E-state index is -4.15. The van der Waals surface area contributed by atoms with Gasteiger partial charge in [0, 0.05) is 0 Å². The molecular weight excluding hydrogens is 214 g/mol. The van der Waals surface area contributed by atoms with E-state index in [2.05, 4.69) is 0 Å². The summed E-state index contributed by atoms with van der Waals surface area (Å²) in [6.07, 6.45) is 0. The summed E-state index contributed by atoms with van der Waals surface area (Å²) in [6.45, 7) is -1.76. The number of hydrogen-bond acceptors (Lipinski definition) is 2. The number of rotatable bonds is 3. The third-order valence-corrected chi connectivity index (χ3v) is 2.50. The Morgan fingerprint density at radius 3 is 1.79 bits per heavy atom. The van der Waals surface area contributed by atoms with Crippen molar-refractivity contribution in [2.45, 2.75) is 18.2 Å². The summed E-state index contributed by atoms with van der Waals surface area (Å²) in [5.74, 6) is 0. The minimum Gasteiger partial charge on any atom is -0.329 e. The van der Waals surface area contributed by atoms with Gasteiger partial charge in [0.2, 0.25) is 0 Å². The second kappa shape index (κ2) is 4.02. The van der Waals surface area contributed by atoms with Gasteiger partial charge in [-0.05, 0) is 23.3 Å². The molecule has 0 unspecified atom stereocenters. The molecule has 0 aliphatic carbocycles. The van der Waals surface area contributed by atoms with E-state index in [1.54, 1.807) is 0 Å². The van der Waals surface area contributed by atoms with Crippen LogP contribution in [0.15, 0.2) is 23.1 Å². The van der Waals surface area contributed by atoms with E-state index < -0.39 is 23.5 Å². The van der Waals surface area contributed by atoms with Crippen molar-refractivity contribution in [1.82, 2.24) is 0 Å². The first kappa shape index (κ1) is 11.1. The maximum absolute atomic E-state index is 12.2. The summed E-state index contributed by atoms with van der Waals surface area (Å²) < 4.78 is 52.8. The van der Waals surface area contributed by atoms with Gasteiger partial charge in [0.1, 0.15) is 18.2 Å². The first-order valence-corrected chi connectivity index (χ1v) is 5.20. The molecule has 0 amide bonds. The van der Waals surface area contributed by atoms with Crippen LogP contribution in [0.25, 0.3) is 0 Å². The Kier molecular flexibility index (Phi) is 3.17. The second-order valence-electron chi connectivity index (χ2n) is 2.76. The lowest BCUT2D eigenvalue weighted by atomic mass is 10.1. The van der Waals surface area contributed by atoms with Gasteiger partial charge >= 0.3 is 10.1 Å². The monoisotopic (exact) mass is 223 g/mol. The molecule has 0 aliphatic heterocycles. The van der Waals surface area contributed by atoms with Crippen LogP contribution >= 0.6 is 0 Å². The molecule has 0 atom stereocenters. The molecule has 1 aromatic rings. The summed E-state index contributed by atoms with van der Waals surface area (Å²) in [7, 11) is -4.15. The summed E-state index contributed by atoms with van der Waals surface area (Å²) in [5.41, 5.74) is 0.122. The van der Waals surface area contributed by atoms with Gasteiger partial charge < -0.3 is 4.55 Å². The molecule has 2 N–H and O–H groups in total. The topological polar surface area (TPSA) is 57.0 Å². The third kappa shape index (κ3) is 2.49. The van der Waals surface area contributed by atoms with Crippen molar-refractivity contribution in [3.8, 4) is 0 Å². The molecule has 0 heterocycles. The van der Waals surface area contributed by atoms with Crippen molar-refractivity contribution >= 4 is 10.1 Å². The Hall–Kier alpha value is -1.01. The molecule has 78 valence electrons. The highest BCUT2D eigenvalue weighted by atomic mass is 32.2. The van der Waals surface area contributed by atoms with E-state index in [0.717, 1.165) is 12.1 Å². The number of halogens is 2. The predicted molar refractivity (Wildman–Crippen MR) is 46.9 cm³/mol. The number of hydrogen-bond donors (Lipinski definition) is 0. The average Bonchev–Trinajstić information content (AvgIpc) is 2.15. The van der Waals surface area contributed by atoms with Crippen molar-refractivity contribution in [3.05, 3.63) is 29.3 Å². The van der Waals surface area contributed by atoms with E-state index in [-0.39, 0.29) is 16.0 Å². The zero-order chi connectivity index (χ0) is 10.8. The lowest BCUT2D eigenvalue weighted by Crippen LogP contribution is -2.00. The Morgan fingerprint density at radius 2 is 1.50 bits per heavy atom. The van der Waals surface area contributed by atoms with Gasteiger partial charge in [-0.2, -0.15) is 0 Å². The summed E-state index contributed by atoms with van der Waals surface area (Å²) in [5, 5.41) is 0. The fourth-order valence-electron chi connectivity index (χ4n) is 1.04. The lowest BCUT2D eigenvalue weighted by Gasteiger charge is -2.00. The molecule has 0 saturated heterocycles. The van der Waals surface area contributed by atoms with E-state index in [0.29, 0.717) is 0 Å². The maximum atomic E-state index is 12.2. The molecule has 0 aromatic heterocycles. The highest BCUT2D eigenvalue weighted by Crippen LogP contribution is 2.16. The van der Waals surface area contributed by atoms with Crippen LogP contribution in [0.1, 0.15) is 11.1 Å². The van der Waals surface area contributed by atoms with Crippen molar-refractivity contribution in [2.75, 3.05) is 0 Å². The van der Waals surface area contributed by atoms with Crippen molar-refractivity contribution < 1.29 is 21.8 Å². The van der Waals surface area contributed by atoms with Gasteiger partial charge in [-0.3, -0.25) is 0 Å². The zero-order valence-corrected chi connectivity index (χ0v) is 7.94. The number of benzene rings is 1. The van der Waals surface area contributed by atoms with Crippen molar-refractivity contribution in [1.29, 1.82) is 0 Å². The van der Waals surface area contributed by atoms with Gasteiger partial charge in [0.05, 0.1) is 0 Å². The first-order chi connectivity index (χ1) is 6.47. The van der Waals surface area contributed by atoms with Gasteiger partial charge in [-0.25, -0.2) is 8.78 Å². The van der Waals surface area contributed by atoms with Crippen LogP contribution in [0.2, 0.25) is 0 Å². The molecule has 0 saturated carbocycles. The van der Waals surface area contributed by atoms with Gasteiger partial charge in [0.25, 0.3) is 0 Å². The molecule has 0 bridgehead atoms. The van der Waals surface area contributed by atoms with E-state index in [1.807, 2.05) is 0 Å². The summed E-state index contributed by atoms with van der Waals surface area (Å²) in [4.78, 5) is -0.375. The predicted octanol–water partition coefficient (Wildman–Crippen LogP) is 1.04. The zero-order valence-electron chi connectivity index (χ0n) is 7.13. The highest BCUT2D eigenvalue weighted by Gasteiger charge is 2.16. The Morgan fingerprint density at radius 1 is 1.07 bits per heavy atom. The molecule has 1 rings (SSSR count). The van der Waals surface area contributed by atoms with Crippen molar-refractivity contribution in [3.63, 3.8) is 0 Å². The number of alkyl halides is 2. The fourth-order valence-corrected chi connectivity index (χ4v) is 1.65. The first-order valence-electron chi connectivity index (χ1n) is 3.72. The average molecular weight is 223 g/mol. The van der Waals surface area contributed by atoms with Crippen LogP contribution in [-0.2, 0) is 23.5 Å². The fraction of sp³-hybridized carbons (Fsp3) is 0.250. The van der Waals surface area contributed by atoms with E-state index in [1.165, 1.54) is 6.07 Å².